The molecule has 0 spiro atoms. The van der Waals surface area contributed by atoms with Crippen molar-refractivity contribution in [1.82, 2.24) is 5.32 Å². The first kappa shape index (κ1) is 23.3. The lowest BCUT2D eigenvalue weighted by Crippen LogP contribution is -2.50. The van der Waals surface area contributed by atoms with Gasteiger partial charge >= 0.3 is 0 Å². The summed E-state index contributed by atoms with van der Waals surface area (Å²) in [4.78, 5) is 12.5. The Kier molecular flexibility index (Phi) is 7.68. The van der Waals surface area contributed by atoms with Crippen LogP contribution in [0.2, 0.25) is 15.1 Å². The molecular formula is C19H19Cl3N2O4S2. The number of fused-ring (bicyclic) bond motifs is 1. The summed E-state index contributed by atoms with van der Waals surface area (Å²) in [6, 6.07) is 9.99. The smallest absolute Gasteiger partial charge is 0.263 e. The van der Waals surface area contributed by atoms with E-state index in [1.807, 2.05) is 6.07 Å². The maximum absolute atomic E-state index is 12.5. The summed E-state index contributed by atoms with van der Waals surface area (Å²) in [7, 11) is -3.60. The number of carbonyl (C=O) groups excluding carboxylic acids is 1. The van der Waals surface area contributed by atoms with Crippen LogP contribution in [0.1, 0.15) is 5.56 Å². The number of halogens is 3. The zero-order chi connectivity index (χ0) is 21.9. The Labute approximate surface area is 194 Å². The standard InChI is InChI=1S/C19H19Cl3N2O4S2/c1-30(26,27)24-10-18(28-17-5-4-14(21)9-16(17)24)19(25)23-6-7-29-11-12-2-3-13(20)8-15(12)22/h2-5,8-9,18H,6-7,10-11H2,1H3,(H,23,25)/t18-/m1/s1. The average molecular weight is 510 g/mol. The van der Waals surface area contributed by atoms with Crippen LogP contribution >= 0.6 is 46.6 Å². The van der Waals surface area contributed by atoms with Gasteiger partial charge in [0.05, 0.1) is 18.5 Å². The third kappa shape index (κ3) is 5.88. The number of nitrogens with one attached hydrogen (secondary N) is 1. The Morgan fingerprint density at radius 3 is 2.60 bits per heavy atom. The first-order valence-electron chi connectivity index (χ1n) is 8.88. The van der Waals surface area contributed by atoms with E-state index in [9.17, 15) is 13.2 Å². The molecule has 30 heavy (non-hydrogen) atoms. The molecular weight excluding hydrogens is 491 g/mol. The summed E-state index contributed by atoms with van der Waals surface area (Å²) in [6.07, 6.45) is 0.125. The van der Waals surface area contributed by atoms with Crippen molar-refractivity contribution in [2.24, 2.45) is 0 Å². The second-order valence-electron chi connectivity index (χ2n) is 6.59. The minimum atomic E-state index is -3.60. The van der Waals surface area contributed by atoms with Crippen LogP contribution in [-0.2, 0) is 20.6 Å². The molecule has 3 rings (SSSR count). The van der Waals surface area contributed by atoms with Crippen molar-refractivity contribution in [3.63, 3.8) is 0 Å². The summed E-state index contributed by atoms with van der Waals surface area (Å²) >= 11 is 19.6. The van der Waals surface area contributed by atoms with Crippen molar-refractivity contribution in [3.05, 3.63) is 57.0 Å². The molecule has 0 fully saturated rings. The summed E-state index contributed by atoms with van der Waals surface area (Å²) < 4.78 is 31.2. The molecule has 1 amide bonds. The van der Waals surface area contributed by atoms with Crippen LogP contribution in [0.15, 0.2) is 36.4 Å². The van der Waals surface area contributed by atoms with E-state index in [0.29, 0.717) is 44.6 Å². The van der Waals surface area contributed by atoms with E-state index >= 15 is 0 Å². The van der Waals surface area contributed by atoms with Gasteiger partial charge in [-0.15, -0.1) is 0 Å². The van der Waals surface area contributed by atoms with Crippen LogP contribution in [0.5, 0.6) is 5.75 Å². The molecule has 6 nitrogen and oxygen atoms in total. The fourth-order valence-electron chi connectivity index (χ4n) is 2.86. The SMILES string of the molecule is CS(=O)(=O)N1C[C@H](C(=O)NCCSCc2ccc(Cl)cc2Cl)Oc2ccc(Cl)cc21. The molecule has 0 bridgehead atoms. The third-order valence-electron chi connectivity index (χ3n) is 4.30. The highest BCUT2D eigenvalue weighted by molar-refractivity contribution is 7.98. The molecule has 0 saturated carbocycles. The number of benzene rings is 2. The van der Waals surface area contributed by atoms with Crippen molar-refractivity contribution >= 4 is 68.2 Å². The molecule has 0 saturated heterocycles. The van der Waals surface area contributed by atoms with Crippen LogP contribution < -0.4 is 14.4 Å². The molecule has 2 aromatic rings. The number of anilines is 1. The highest BCUT2D eigenvalue weighted by Crippen LogP contribution is 2.37. The van der Waals surface area contributed by atoms with E-state index in [-0.39, 0.29) is 12.5 Å². The van der Waals surface area contributed by atoms with E-state index in [1.54, 1.807) is 36.0 Å². The lowest BCUT2D eigenvalue weighted by molar-refractivity contribution is -0.127. The lowest BCUT2D eigenvalue weighted by atomic mass is 10.2. The first-order chi connectivity index (χ1) is 14.1. The van der Waals surface area contributed by atoms with Crippen molar-refractivity contribution < 1.29 is 17.9 Å². The van der Waals surface area contributed by atoms with Crippen LogP contribution in [0.25, 0.3) is 0 Å². The number of sulfonamides is 1. The van der Waals surface area contributed by atoms with E-state index in [1.165, 1.54) is 6.07 Å². The zero-order valence-corrected chi connectivity index (χ0v) is 19.8. The molecule has 1 heterocycles. The van der Waals surface area contributed by atoms with Crippen LogP contribution in [0.3, 0.4) is 0 Å². The molecule has 0 aliphatic carbocycles. The molecule has 11 heteroatoms. The lowest BCUT2D eigenvalue weighted by Gasteiger charge is -2.34. The fourth-order valence-corrected chi connectivity index (χ4v) is 5.35. The second-order valence-corrected chi connectivity index (χ2v) is 10.9. The molecule has 162 valence electrons. The largest absolute Gasteiger partial charge is 0.476 e. The quantitative estimate of drug-likeness (QED) is 0.566. The monoisotopic (exact) mass is 508 g/mol. The molecule has 1 aliphatic rings. The van der Waals surface area contributed by atoms with Gasteiger partial charge in [0, 0.05) is 33.1 Å². The number of nitrogens with zero attached hydrogens (tertiary/aromatic N) is 1. The highest BCUT2D eigenvalue weighted by Gasteiger charge is 2.35. The van der Waals surface area contributed by atoms with Crippen molar-refractivity contribution in [1.29, 1.82) is 0 Å². The second kappa shape index (κ2) is 9.87. The molecule has 1 aliphatic heterocycles. The Morgan fingerprint density at radius 2 is 1.90 bits per heavy atom. The summed E-state index contributed by atoms with van der Waals surface area (Å²) in [6.45, 7) is 0.284. The Bertz CT molecular complexity index is 1050. The van der Waals surface area contributed by atoms with E-state index in [2.05, 4.69) is 5.32 Å². The number of thioether (sulfide) groups is 1. The normalized spacial score (nSPS) is 16.0. The molecule has 1 N–H and O–H groups in total. The number of hydrogen-bond donors (Lipinski definition) is 1. The maximum Gasteiger partial charge on any atom is 0.263 e. The van der Waals surface area contributed by atoms with Gasteiger partial charge in [0.15, 0.2) is 6.10 Å². The van der Waals surface area contributed by atoms with E-state index < -0.39 is 16.1 Å². The predicted molar refractivity (Wildman–Crippen MR) is 124 cm³/mol. The molecule has 0 unspecified atom stereocenters. The number of hydrogen-bond acceptors (Lipinski definition) is 5. The zero-order valence-electron chi connectivity index (χ0n) is 15.9. The number of amides is 1. The van der Waals surface area contributed by atoms with Gasteiger partial charge in [-0.05, 0) is 35.9 Å². The molecule has 2 aromatic carbocycles. The topological polar surface area (TPSA) is 75.7 Å². The minimum Gasteiger partial charge on any atom is -0.476 e. The number of ether oxygens (including phenoxy) is 1. The van der Waals surface area contributed by atoms with Crippen LogP contribution in [0.4, 0.5) is 5.69 Å². The summed E-state index contributed by atoms with van der Waals surface area (Å²) in [5.74, 6) is 1.25. The predicted octanol–water partition coefficient (Wildman–Crippen LogP) is 4.22. The van der Waals surface area contributed by atoms with Gasteiger partial charge in [0.2, 0.25) is 10.0 Å². The Balaban J connectivity index is 1.55. The van der Waals surface area contributed by atoms with Crippen molar-refractivity contribution in [3.8, 4) is 5.75 Å². The molecule has 1 atom stereocenters. The van der Waals surface area contributed by atoms with Gasteiger partial charge in [-0.2, -0.15) is 11.8 Å². The Hall–Kier alpha value is -1.32. The van der Waals surface area contributed by atoms with Crippen molar-refractivity contribution in [2.45, 2.75) is 11.9 Å². The molecule has 0 radical (unpaired) electrons. The molecule has 0 aromatic heterocycles. The van der Waals surface area contributed by atoms with Crippen LogP contribution in [0, 0.1) is 0 Å². The summed E-state index contributed by atoms with van der Waals surface area (Å²) in [5, 5.41) is 4.36. The third-order valence-corrected chi connectivity index (χ3v) is 7.28. The van der Waals surface area contributed by atoms with Gasteiger partial charge in [0.25, 0.3) is 5.91 Å². The van der Waals surface area contributed by atoms with Gasteiger partial charge in [0.1, 0.15) is 5.75 Å². The van der Waals surface area contributed by atoms with E-state index in [0.717, 1.165) is 16.1 Å². The highest BCUT2D eigenvalue weighted by atomic mass is 35.5. The van der Waals surface area contributed by atoms with Crippen LogP contribution in [-0.4, -0.2) is 45.5 Å². The van der Waals surface area contributed by atoms with Gasteiger partial charge in [-0.25, -0.2) is 8.42 Å². The average Bonchev–Trinajstić information content (AvgIpc) is 2.67. The van der Waals surface area contributed by atoms with Gasteiger partial charge in [-0.3, -0.25) is 9.10 Å². The van der Waals surface area contributed by atoms with Gasteiger partial charge in [-0.1, -0.05) is 40.9 Å². The first-order valence-corrected chi connectivity index (χ1v) is 13.0. The number of carbonyl (C=O) groups is 1. The fraction of sp³-hybridized carbons (Fsp3) is 0.316. The maximum atomic E-state index is 12.5. The van der Waals surface area contributed by atoms with Crippen molar-refractivity contribution in [2.75, 3.05) is 29.4 Å². The Morgan fingerprint density at radius 1 is 1.20 bits per heavy atom. The van der Waals surface area contributed by atoms with E-state index in [4.69, 9.17) is 39.5 Å². The summed E-state index contributed by atoms with van der Waals surface area (Å²) in [5.41, 5.74) is 1.29. The van der Waals surface area contributed by atoms with Gasteiger partial charge < -0.3 is 10.1 Å². The number of rotatable bonds is 7. The minimum absolute atomic E-state index is 0.120.